The summed E-state index contributed by atoms with van der Waals surface area (Å²) in [7, 11) is 0. The van der Waals surface area contributed by atoms with Crippen LogP contribution in [0.25, 0.3) is 21.5 Å². The van der Waals surface area contributed by atoms with Gasteiger partial charge in [0, 0.05) is 0 Å². The summed E-state index contributed by atoms with van der Waals surface area (Å²) in [5.74, 6) is 0. The van der Waals surface area contributed by atoms with E-state index in [2.05, 4.69) is 55.5 Å². The first kappa shape index (κ1) is 8.49. The van der Waals surface area contributed by atoms with Crippen molar-refractivity contribution in [3.05, 3.63) is 60.2 Å². The summed E-state index contributed by atoms with van der Waals surface area (Å²) < 4.78 is 0. The molecule has 0 spiro atoms. The minimum Gasteiger partial charge on any atom is -0.0616 e. The fraction of sp³-hybridized carbons (Fsp3) is 0.0667. The molecule has 0 saturated heterocycles. The monoisotopic (exact) mass is 191 g/mol. The SMILES string of the molecule is Cc1cc[c]c2c1ccc1ccccc12. The summed E-state index contributed by atoms with van der Waals surface area (Å²) in [5.41, 5.74) is 1.31. The van der Waals surface area contributed by atoms with Crippen LogP contribution < -0.4 is 0 Å². The van der Waals surface area contributed by atoms with E-state index in [-0.39, 0.29) is 0 Å². The average Bonchev–Trinajstić information content (AvgIpc) is 2.29. The van der Waals surface area contributed by atoms with Crippen LogP contribution in [0.2, 0.25) is 0 Å². The van der Waals surface area contributed by atoms with Gasteiger partial charge in [0.2, 0.25) is 0 Å². The Morgan fingerprint density at radius 2 is 1.73 bits per heavy atom. The molecule has 0 nitrogen and oxygen atoms in total. The second-order valence-electron chi connectivity index (χ2n) is 3.87. The van der Waals surface area contributed by atoms with E-state index < -0.39 is 0 Å². The van der Waals surface area contributed by atoms with Gasteiger partial charge in [-0.05, 0) is 40.1 Å². The first-order valence-corrected chi connectivity index (χ1v) is 5.15. The van der Waals surface area contributed by atoms with Crippen LogP contribution in [0.5, 0.6) is 0 Å². The Hall–Kier alpha value is -1.82. The van der Waals surface area contributed by atoms with Crippen LogP contribution in [0.3, 0.4) is 0 Å². The molecule has 0 aliphatic rings. The number of hydrogen-bond donors (Lipinski definition) is 0. The Bertz CT molecular complexity index is 636. The molecule has 0 atom stereocenters. The molecule has 0 aromatic heterocycles. The highest BCUT2D eigenvalue weighted by molar-refractivity contribution is 6.07. The van der Waals surface area contributed by atoms with E-state index in [1.54, 1.807) is 0 Å². The zero-order chi connectivity index (χ0) is 10.3. The molecule has 3 aromatic rings. The van der Waals surface area contributed by atoms with Gasteiger partial charge in [0.05, 0.1) is 0 Å². The van der Waals surface area contributed by atoms with Gasteiger partial charge in [-0.3, -0.25) is 0 Å². The molecular formula is C15H11. The minimum atomic E-state index is 1.23. The molecule has 15 heavy (non-hydrogen) atoms. The maximum absolute atomic E-state index is 3.33. The predicted molar refractivity (Wildman–Crippen MR) is 65.0 cm³/mol. The van der Waals surface area contributed by atoms with Crippen LogP contribution in [0.15, 0.2) is 48.5 Å². The fourth-order valence-corrected chi connectivity index (χ4v) is 2.10. The molecule has 71 valence electrons. The minimum absolute atomic E-state index is 1.23. The molecule has 0 aliphatic carbocycles. The number of aryl methyl sites for hydroxylation is 1. The largest absolute Gasteiger partial charge is 0.0616 e. The lowest BCUT2D eigenvalue weighted by molar-refractivity contribution is 1.53. The van der Waals surface area contributed by atoms with E-state index in [4.69, 9.17) is 0 Å². The zero-order valence-electron chi connectivity index (χ0n) is 8.62. The molecule has 0 unspecified atom stereocenters. The van der Waals surface area contributed by atoms with Gasteiger partial charge in [-0.2, -0.15) is 0 Å². The van der Waals surface area contributed by atoms with Crippen LogP contribution >= 0.6 is 0 Å². The van der Waals surface area contributed by atoms with Crippen molar-refractivity contribution in [3.63, 3.8) is 0 Å². The Morgan fingerprint density at radius 1 is 0.867 bits per heavy atom. The molecular weight excluding hydrogens is 180 g/mol. The first-order valence-electron chi connectivity index (χ1n) is 5.15. The number of hydrogen-bond acceptors (Lipinski definition) is 0. The number of rotatable bonds is 0. The van der Waals surface area contributed by atoms with Crippen molar-refractivity contribution in [3.8, 4) is 0 Å². The number of benzene rings is 3. The third-order valence-electron chi connectivity index (χ3n) is 2.91. The molecule has 1 radical (unpaired) electrons. The van der Waals surface area contributed by atoms with Crippen LogP contribution in [-0.2, 0) is 0 Å². The predicted octanol–water partition coefficient (Wildman–Crippen LogP) is 4.10. The van der Waals surface area contributed by atoms with E-state index in [9.17, 15) is 0 Å². The van der Waals surface area contributed by atoms with Crippen LogP contribution in [0, 0.1) is 13.0 Å². The van der Waals surface area contributed by atoms with E-state index in [0.29, 0.717) is 0 Å². The van der Waals surface area contributed by atoms with E-state index in [1.807, 2.05) is 6.07 Å². The Balaban J connectivity index is 2.60. The van der Waals surface area contributed by atoms with Gasteiger partial charge in [0.25, 0.3) is 0 Å². The molecule has 0 heterocycles. The van der Waals surface area contributed by atoms with Gasteiger partial charge in [0.1, 0.15) is 0 Å². The summed E-state index contributed by atoms with van der Waals surface area (Å²) in [6, 6.07) is 20.3. The van der Waals surface area contributed by atoms with Gasteiger partial charge >= 0.3 is 0 Å². The van der Waals surface area contributed by atoms with Gasteiger partial charge in [0.15, 0.2) is 0 Å². The van der Waals surface area contributed by atoms with Gasteiger partial charge in [-0.1, -0.05) is 48.5 Å². The number of fused-ring (bicyclic) bond motifs is 3. The maximum atomic E-state index is 3.33. The first-order chi connectivity index (χ1) is 7.36. The highest BCUT2D eigenvalue weighted by Gasteiger charge is 2.00. The van der Waals surface area contributed by atoms with Crippen LogP contribution in [0.4, 0.5) is 0 Å². The molecule has 0 amide bonds. The molecule has 0 bridgehead atoms. The van der Waals surface area contributed by atoms with Crippen molar-refractivity contribution in [2.24, 2.45) is 0 Å². The van der Waals surface area contributed by atoms with Crippen molar-refractivity contribution in [2.45, 2.75) is 6.92 Å². The van der Waals surface area contributed by atoms with Gasteiger partial charge < -0.3 is 0 Å². The average molecular weight is 191 g/mol. The van der Waals surface area contributed by atoms with Crippen molar-refractivity contribution < 1.29 is 0 Å². The van der Waals surface area contributed by atoms with Gasteiger partial charge in [-0.15, -0.1) is 0 Å². The second kappa shape index (κ2) is 3.09. The fourth-order valence-electron chi connectivity index (χ4n) is 2.10. The zero-order valence-corrected chi connectivity index (χ0v) is 8.62. The van der Waals surface area contributed by atoms with Crippen LogP contribution in [0.1, 0.15) is 5.56 Å². The molecule has 3 rings (SSSR count). The normalized spacial score (nSPS) is 11.0. The topological polar surface area (TPSA) is 0 Å². The van der Waals surface area contributed by atoms with Crippen molar-refractivity contribution in [1.29, 1.82) is 0 Å². The quantitative estimate of drug-likeness (QED) is 0.469. The standard InChI is InChI=1S/C15H11/c1-11-5-4-8-15-13(11)10-9-12-6-2-3-7-14(12)15/h2-7,9-10H,1H3. The van der Waals surface area contributed by atoms with Crippen molar-refractivity contribution >= 4 is 21.5 Å². The highest BCUT2D eigenvalue weighted by atomic mass is 14.0. The molecule has 0 fully saturated rings. The Labute approximate surface area is 89.2 Å². The Morgan fingerprint density at radius 3 is 2.67 bits per heavy atom. The lowest BCUT2D eigenvalue weighted by Crippen LogP contribution is -1.80. The molecule has 0 saturated carbocycles. The second-order valence-corrected chi connectivity index (χ2v) is 3.87. The summed E-state index contributed by atoms with van der Waals surface area (Å²) in [4.78, 5) is 0. The smallest absolute Gasteiger partial charge is 0.00239 e. The van der Waals surface area contributed by atoms with E-state index in [1.165, 1.54) is 27.1 Å². The lowest BCUT2D eigenvalue weighted by atomic mass is 9.99. The summed E-state index contributed by atoms with van der Waals surface area (Å²) in [6.07, 6.45) is 0. The van der Waals surface area contributed by atoms with Gasteiger partial charge in [-0.25, -0.2) is 0 Å². The molecule has 0 heteroatoms. The van der Waals surface area contributed by atoms with Crippen molar-refractivity contribution in [2.75, 3.05) is 0 Å². The molecule has 0 N–H and O–H groups in total. The summed E-state index contributed by atoms with van der Waals surface area (Å²) >= 11 is 0. The summed E-state index contributed by atoms with van der Waals surface area (Å²) in [6.45, 7) is 2.14. The summed E-state index contributed by atoms with van der Waals surface area (Å²) in [5, 5.41) is 5.11. The van der Waals surface area contributed by atoms with E-state index >= 15 is 0 Å². The molecule has 0 aliphatic heterocycles. The third kappa shape index (κ3) is 1.22. The molecule has 3 aromatic carbocycles. The van der Waals surface area contributed by atoms with Crippen LogP contribution in [-0.4, -0.2) is 0 Å². The van der Waals surface area contributed by atoms with Crippen molar-refractivity contribution in [1.82, 2.24) is 0 Å². The third-order valence-corrected chi connectivity index (χ3v) is 2.91. The lowest BCUT2D eigenvalue weighted by Gasteiger charge is -2.05. The Kier molecular flexibility index (Phi) is 1.75. The van der Waals surface area contributed by atoms with E-state index in [0.717, 1.165) is 0 Å². The highest BCUT2D eigenvalue weighted by Crippen LogP contribution is 2.26. The maximum Gasteiger partial charge on any atom is -0.00239 e.